The fourth-order valence-electron chi connectivity index (χ4n) is 2.14. The predicted octanol–water partition coefficient (Wildman–Crippen LogP) is 2.78. The van der Waals surface area contributed by atoms with E-state index in [1.165, 1.54) is 11.3 Å². The van der Waals surface area contributed by atoms with Crippen LogP contribution < -0.4 is 11.1 Å². The van der Waals surface area contributed by atoms with Gasteiger partial charge in [-0.15, -0.1) is 23.7 Å². The number of rotatable bonds is 3. The van der Waals surface area contributed by atoms with Crippen molar-refractivity contribution >= 4 is 44.1 Å². The summed E-state index contributed by atoms with van der Waals surface area (Å²) in [7, 11) is 0. The zero-order chi connectivity index (χ0) is 14.8. The second-order valence-electron chi connectivity index (χ2n) is 4.59. The number of hydrogen-bond acceptors (Lipinski definition) is 4. The number of terminal acetylenes is 1. The fourth-order valence-corrected chi connectivity index (χ4v) is 3.14. The lowest BCUT2D eigenvalue weighted by molar-refractivity contribution is 0.0959. The van der Waals surface area contributed by atoms with Gasteiger partial charge in [0.25, 0.3) is 5.91 Å². The minimum absolute atomic E-state index is 0.199. The molecule has 0 saturated heterocycles. The van der Waals surface area contributed by atoms with Crippen LogP contribution in [0.3, 0.4) is 0 Å². The Morgan fingerprint density at radius 2 is 2.24 bits per heavy atom. The standard InChI is InChI=1S/C16H13N3OS/c1-2-3-8-18-15(20)14-13(17)11-9-10-6-4-5-7-12(10)19-16(11)21-14/h1,4-7,9H,3,8,17H2,(H,18,20). The third kappa shape index (κ3) is 2.41. The molecule has 0 aliphatic carbocycles. The number of fused-ring (bicyclic) bond motifs is 2. The average Bonchev–Trinajstić information content (AvgIpc) is 2.82. The molecule has 1 aromatic carbocycles. The summed E-state index contributed by atoms with van der Waals surface area (Å²) in [5.74, 6) is 2.28. The zero-order valence-corrected chi connectivity index (χ0v) is 12.0. The maximum Gasteiger partial charge on any atom is 0.263 e. The summed E-state index contributed by atoms with van der Waals surface area (Å²) in [6.45, 7) is 0.443. The van der Waals surface area contributed by atoms with E-state index in [0.29, 0.717) is 23.5 Å². The van der Waals surface area contributed by atoms with Gasteiger partial charge < -0.3 is 11.1 Å². The van der Waals surface area contributed by atoms with Crippen LogP contribution in [0, 0.1) is 12.3 Å². The predicted molar refractivity (Wildman–Crippen MR) is 87.3 cm³/mol. The third-order valence-electron chi connectivity index (χ3n) is 3.18. The molecule has 2 aromatic heterocycles. The number of nitrogens with one attached hydrogen (secondary N) is 1. The van der Waals surface area contributed by atoms with Crippen molar-refractivity contribution in [1.82, 2.24) is 10.3 Å². The second-order valence-corrected chi connectivity index (χ2v) is 5.59. The molecule has 1 amide bonds. The topological polar surface area (TPSA) is 68.0 Å². The molecule has 0 saturated carbocycles. The van der Waals surface area contributed by atoms with E-state index in [9.17, 15) is 4.79 Å². The Bertz CT molecular complexity index is 876. The van der Waals surface area contributed by atoms with Crippen LogP contribution in [0.15, 0.2) is 30.3 Å². The van der Waals surface area contributed by atoms with Gasteiger partial charge >= 0.3 is 0 Å². The number of hydrogen-bond donors (Lipinski definition) is 2. The molecular formula is C16H13N3OS. The molecule has 0 aliphatic heterocycles. The van der Waals surface area contributed by atoms with Crippen molar-refractivity contribution in [1.29, 1.82) is 0 Å². The zero-order valence-electron chi connectivity index (χ0n) is 11.2. The summed E-state index contributed by atoms with van der Waals surface area (Å²) in [5.41, 5.74) is 7.48. The third-order valence-corrected chi connectivity index (χ3v) is 4.30. The van der Waals surface area contributed by atoms with Crippen molar-refractivity contribution in [3.8, 4) is 12.3 Å². The first-order valence-electron chi connectivity index (χ1n) is 6.50. The number of aromatic nitrogens is 1. The highest BCUT2D eigenvalue weighted by Crippen LogP contribution is 2.34. The van der Waals surface area contributed by atoms with Crippen LogP contribution in [-0.2, 0) is 0 Å². The van der Waals surface area contributed by atoms with Crippen LogP contribution in [0.5, 0.6) is 0 Å². The van der Waals surface area contributed by atoms with Gasteiger partial charge in [0.1, 0.15) is 9.71 Å². The van der Waals surface area contributed by atoms with Gasteiger partial charge in [-0.25, -0.2) is 4.98 Å². The number of pyridine rings is 1. The smallest absolute Gasteiger partial charge is 0.263 e. The van der Waals surface area contributed by atoms with Crippen LogP contribution >= 0.6 is 11.3 Å². The molecule has 4 nitrogen and oxygen atoms in total. The van der Waals surface area contributed by atoms with Gasteiger partial charge in [-0.05, 0) is 12.1 Å². The monoisotopic (exact) mass is 295 g/mol. The molecule has 5 heteroatoms. The lowest BCUT2D eigenvalue weighted by Gasteiger charge is -2.01. The van der Waals surface area contributed by atoms with Gasteiger partial charge in [0.2, 0.25) is 0 Å². The molecule has 3 aromatic rings. The van der Waals surface area contributed by atoms with Crippen LogP contribution in [0.4, 0.5) is 5.69 Å². The van der Waals surface area contributed by atoms with Crippen molar-refractivity contribution in [2.45, 2.75) is 6.42 Å². The van der Waals surface area contributed by atoms with E-state index in [2.05, 4.69) is 16.2 Å². The summed E-state index contributed by atoms with van der Waals surface area (Å²) >= 11 is 1.31. The van der Waals surface area contributed by atoms with Crippen molar-refractivity contribution in [3.05, 3.63) is 35.2 Å². The number of thiophene rings is 1. The lowest BCUT2D eigenvalue weighted by Crippen LogP contribution is -2.23. The Morgan fingerprint density at radius 3 is 3.05 bits per heavy atom. The van der Waals surface area contributed by atoms with Crippen LogP contribution in [0.2, 0.25) is 0 Å². The Labute approximate surface area is 126 Å². The second kappa shape index (κ2) is 5.43. The number of nitrogens with zero attached hydrogens (tertiary/aromatic N) is 1. The minimum Gasteiger partial charge on any atom is -0.397 e. The first kappa shape index (κ1) is 13.4. The maximum absolute atomic E-state index is 12.1. The summed E-state index contributed by atoms with van der Waals surface area (Å²) in [6.07, 6.45) is 5.67. The maximum atomic E-state index is 12.1. The Balaban J connectivity index is 2.05. The SMILES string of the molecule is C#CCCNC(=O)c1sc2nc3ccccc3cc2c1N. The molecule has 0 unspecified atom stereocenters. The normalized spacial score (nSPS) is 10.6. The first-order chi connectivity index (χ1) is 10.2. The molecule has 0 radical (unpaired) electrons. The highest BCUT2D eigenvalue weighted by molar-refractivity contribution is 7.21. The minimum atomic E-state index is -0.199. The van der Waals surface area contributed by atoms with E-state index in [4.69, 9.17) is 12.2 Å². The van der Waals surface area contributed by atoms with Crippen LogP contribution in [-0.4, -0.2) is 17.4 Å². The molecule has 3 rings (SSSR count). The number of para-hydroxylation sites is 1. The molecule has 0 fully saturated rings. The number of carbonyl (C=O) groups excluding carboxylic acids is 1. The fraction of sp³-hybridized carbons (Fsp3) is 0.125. The number of anilines is 1. The van der Waals surface area contributed by atoms with E-state index < -0.39 is 0 Å². The molecule has 104 valence electrons. The molecule has 0 atom stereocenters. The lowest BCUT2D eigenvalue weighted by atomic mass is 10.1. The van der Waals surface area contributed by atoms with Crippen molar-refractivity contribution in [2.24, 2.45) is 0 Å². The Hall–Kier alpha value is -2.58. The number of carbonyl (C=O) groups is 1. The van der Waals surface area contributed by atoms with E-state index in [-0.39, 0.29) is 5.91 Å². The Kier molecular flexibility index (Phi) is 3.46. The van der Waals surface area contributed by atoms with E-state index in [1.54, 1.807) is 0 Å². The highest BCUT2D eigenvalue weighted by atomic mass is 32.1. The molecule has 0 aliphatic rings. The molecule has 0 spiro atoms. The van der Waals surface area contributed by atoms with Crippen molar-refractivity contribution < 1.29 is 4.79 Å². The summed E-state index contributed by atoms with van der Waals surface area (Å²) in [5, 5.41) is 4.59. The van der Waals surface area contributed by atoms with Gasteiger partial charge in [0, 0.05) is 23.7 Å². The molecule has 21 heavy (non-hydrogen) atoms. The average molecular weight is 295 g/mol. The van der Waals surface area contributed by atoms with Gasteiger partial charge in [-0.2, -0.15) is 0 Å². The summed E-state index contributed by atoms with van der Waals surface area (Å²) in [4.78, 5) is 18.0. The summed E-state index contributed by atoms with van der Waals surface area (Å²) < 4.78 is 0. The highest BCUT2D eigenvalue weighted by Gasteiger charge is 2.17. The number of amides is 1. The van der Waals surface area contributed by atoms with E-state index in [1.807, 2.05) is 30.3 Å². The first-order valence-corrected chi connectivity index (χ1v) is 7.32. The van der Waals surface area contributed by atoms with Gasteiger partial charge in [0.15, 0.2) is 0 Å². The van der Waals surface area contributed by atoms with Gasteiger partial charge in [0.05, 0.1) is 11.2 Å². The quantitative estimate of drug-likeness (QED) is 0.576. The molecule has 3 N–H and O–H groups in total. The van der Waals surface area contributed by atoms with Crippen LogP contribution in [0.1, 0.15) is 16.1 Å². The van der Waals surface area contributed by atoms with E-state index in [0.717, 1.165) is 21.1 Å². The van der Waals surface area contributed by atoms with Crippen molar-refractivity contribution in [3.63, 3.8) is 0 Å². The van der Waals surface area contributed by atoms with E-state index >= 15 is 0 Å². The van der Waals surface area contributed by atoms with Crippen LogP contribution in [0.25, 0.3) is 21.1 Å². The number of benzene rings is 1. The summed E-state index contributed by atoms with van der Waals surface area (Å²) in [6, 6.07) is 9.78. The number of nitrogen functional groups attached to an aromatic ring is 1. The van der Waals surface area contributed by atoms with Crippen molar-refractivity contribution in [2.75, 3.05) is 12.3 Å². The van der Waals surface area contributed by atoms with Gasteiger partial charge in [-0.1, -0.05) is 18.2 Å². The number of nitrogens with two attached hydrogens (primary N) is 1. The Morgan fingerprint density at radius 1 is 1.43 bits per heavy atom. The van der Waals surface area contributed by atoms with Gasteiger partial charge in [-0.3, -0.25) is 4.79 Å². The molecule has 0 bridgehead atoms. The largest absolute Gasteiger partial charge is 0.397 e. The molecular weight excluding hydrogens is 282 g/mol. The molecule has 2 heterocycles.